The van der Waals surface area contributed by atoms with Gasteiger partial charge in [-0.1, -0.05) is 0 Å². The van der Waals surface area contributed by atoms with Crippen molar-refractivity contribution in [3.8, 4) is 0 Å². The summed E-state index contributed by atoms with van der Waals surface area (Å²) in [5, 5.41) is 29.4. The van der Waals surface area contributed by atoms with E-state index in [-0.39, 0.29) is 18.8 Å². The maximum absolute atomic E-state index is 8.99. The van der Waals surface area contributed by atoms with Gasteiger partial charge in [0.1, 0.15) is 0 Å². The third kappa shape index (κ3) is 6.54. The molecule has 74 valence electrons. The average Bonchev–Trinajstić information content (AvgIpc) is 1.99. The van der Waals surface area contributed by atoms with Gasteiger partial charge in [-0.05, 0) is 20.3 Å². The highest BCUT2D eigenvalue weighted by atomic mass is 16.3. The molecule has 3 atom stereocenters. The van der Waals surface area contributed by atoms with E-state index >= 15 is 0 Å². The number of hydrogen-bond acceptors (Lipinski definition) is 4. The molecule has 4 heteroatoms. The van der Waals surface area contributed by atoms with Crippen LogP contribution in [0, 0.1) is 0 Å². The maximum Gasteiger partial charge on any atom is 0.0895 e. The van der Waals surface area contributed by atoms with E-state index in [1.807, 2.05) is 6.92 Å². The Morgan fingerprint density at radius 1 is 1.25 bits per heavy atom. The van der Waals surface area contributed by atoms with Gasteiger partial charge in [0.25, 0.3) is 0 Å². The van der Waals surface area contributed by atoms with E-state index in [1.165, 1.54) is 0 Å². The fraction of sp³-hybridized carbons (Fsp3) is 1.00. The molecule has 0 aliphatic heterocycles. The van der Waals surface area contributed by atoms with Crippen molar-refractivity contribution in [2.45, 2.75) is 38.5 Å². The van der Waals surface area contributed by atoms with Gasteiger partial charge in [0.05, 0.1) is 18.8 Å². The molecule has 3 unspecified atom stereocenters. The number of aliphatic hydroxyl groups excluding tert-OH is 3. The zero-order valence-electron chi connectivity index (χ0n) is 7.70. The average molecular weight is 177 g/mol. The fourth-order valence-corrected chi connectivity index (χ4v) is 0.997. The fourth-order valence-electron chi connectivity index (χ4n) is 0.997. The summed E-state index contributed by atoms with van der Waals surface area (Å²) in [6, 6.07) is 0.159. The van der Waals surface area contributed by atoms with Crippen LogP contribution in [0.15, 0.2) is 0 Å². The van der Waals surface area contributed by atoms with Crippen molar-refractivity contribution in [3.63, 3.8) is 0 Å². The second kappa shape index (κ2) is 6.37. The Morgan fingerprint density at radius 2 is 1.83 bits per heavy atom. The predicted molar refractivity (Wildman–Crippen MR) is 46.9 cm³/mol. The first-order valence-electron chi connectivity index (χ1n) is 4.26. The minimum absolute atomic E-state index is 0.159. The lowest BCUT2D eigenvalue weighted by Crippen LogP contribution is -2.36. The van der Waals surface area contributed by atoms with Crippen LogP contribution in [0.25, 0.3) is 0 Å². The van der Waals surface area contributed by atoms with Gasteiger partial charge in [-0.3, -0.25) is 0 Å². The monoisotopic (exact) mass is 177 g/mol. The van der Waals surface area contributed by atoms with Crippen molar-refractivity contribution < 1.29 is 15.3 Å². The Balaban J connectivity index is 3.36. The van der Waals surface area contributed by atoms with E-state index in [2.05, 4.69) is 5.32 Å². The normalized spacial score (nSPS) is 18.8. The molecule has 0 heterocycles. The molecule has 0 saturated heterocycles. The molecule has 0 aliphatic rings. The lowest BCUT2D eigenvalue weighted by atomic mass is 10.1. The molecule has 0 aromatic rings. The highest BCUT2D eigenvalue weighted by Gasteiger charge is 2.07. The lowest BCUT2D eigenvalue weighted by molar-refractivity contribution is 0.0893. The molecule has 0 aromatic heterocycles. The van der Waals surface area contributed by atoms with Gasteiger partial charge in [0.2, 0.25) is 0 Å². The van der Waals surface area contributed by atoms with Crippen molar-refractivity contribution in [2.75, 3.05) is 13.2 Å². The van der Waals surface area contributed by atoms with Crippen LogP contribution in [-0.2, 0) is 0 Å². The summed E-state index contributed by atoms with van der Waals surface area (Å²) in [6.45, 7) is 3.79. The molecule has 0 spiro atoms. The minimum Gasteiger partial charge on any atom is -0.394 e. The van der Waals surface area contributed by atoms with Crippen LogP contribution in [0.4, 0.5) is 0 Å². The second-order valence-corrected chi connectivity index (χ2v) is 3.23. The van der Waals surface area contributed by atoms with E-state index in [1.54, 1.807) is 6.92 Å². The summed E-state index contributed by atoms with van der Waals surface area (Å²) in [5.74, 6) is 0. The van der Waals surface area contributed by atoms with Gasteiger partial charge in [-0.15, -0.1) is 0 Å². The Bertz CT molecular complexity index is 108. The van der Waals surface area contributed by atoms with Gasteiger partial charge >= 0.3 is 0 Å². The van der Waals surface area contributed by atoms with Crippen molar-refractivity contribution in [1.29, 1.82) is 0 Å². The Labute approximate surface area is 73.2 Å². The van der Waals surface area contributed by atoms with Crippen molar-refractivity contribution >= 4 is 0 Å². The number of nitrogens with one attached hydrogen (secondary N) is 1. The topological polar surface area (TPSA) is 72.7 Å². The van der Waals surface area contributed by atoms with Crippen LogP contribution in [0.1, 0.15) is 20.3 Å². The van der Waals surface area contributed by atoms with Crippen LogP contribution in [0.5, 0.6) is 0 Å². The number of aliphatic hydroxyl groups is 3. The van der Waals surface area contributed by atoms with E-state index < -0.39 is 6.10 Å². The Kier molecular flexibility index (Phi) is 6.28. The molecule has 4 nitrogen and oxygen atoms in total. The van der Waals surface area contributed by atoms with Crippen molar-refractivity contribution in [2.24, 2.45) is 0 Å². The number of rotatable bonds is 6. The van der Waals surface area contributed by atoms with Gasteiger partial charge in [0, 0.05) is 12.6 Å². The smallest absolute Gasteiger partial charge is 0.0895 e. The Morgan fingerprint density at radius 3 is 2.25 bits per heavy atom. The summed E-state index contributed by atoms with van der Waals surface area (Å²) >= 11 is 0. The zero-order chi connectivity index (χ0) is 9.56. The molecule has 0 rings (SSSR count). The molecule has 4 N–H and O–H groups in total. The van der Waals surface area contributed by atoms with E-state index in [4.69, 9.17) is 15.3 Å². The van der Waals surface area contributed by atoms with Gasteiger partial charge in [-0.2, -0.15) is 0 Å². The molecule has 0 aliphatic carbocycles. The van der Waals surface area contributed by atoms with E-state index in [0.717, 1.165) is 0 Å². The largest absolute Gasteiger partial charge is 0.394 e. The summed E-state index contributed by atoms with van der Waals surface area (Å²) in [6.07, 6.45) is -0.391. The predicted octanol–water partition coefficient (Wildman–Crippen LogP) is -0.911. The minimum atomic E-state index is -0.707. The third-order valence-electron chi connectivity index (χ3n) is 1.61. The lowest BCUT2D eigenvalue weighted by Gasteiger charge is -2.16. The summed E-state index contributed by atoms with van der Waals surface area (Å²) < 4.78 is 0. The van der Waals surface area contributed by atoms with Crippen molar-refractivity contribution in [3.05, 3.63) is 0 Å². The molecule has 12 heavy (non-hydrogen) atoms. The standard InChI is InChI=1S/C8H19NO3/c1-6(3-7(2)11)9-4-8(12)5-10/h6-12H,3-5H2,1-2H3. The molecular formula is C8H19NO3. The summed E-state index contributed by atoms with van der Waals surface area (Å²) in [4.78, 5) is 0. The van der Waals surface area contributed by atoms with Crippen LogP contribution in [-0.4, -0.2) is 46.7 Å². The first-order valence-corrected chi connectivity index (χ1v) is 4.26. The van der Waals surface area contributed by atoms with E-state index in [9.17, 15) is 0 Å². The van der Waals surface area contributed by atoms with Gasteiger partial charge in [0.15, 0.2) is 0 Å². The van der Waals surface area contributed by atoms with Gasteiger partial charge in [-0.25, -0.2) is 0 Å². The highest BCUT2D eigenvalue weighted by Crippen LogP contribution is 1.96. The summed E-state index contributed by atoms with van der Waals surface area (Å²) in [5.41, 5.74) is 0. The van der Waals surface area contributed by atoms with Crippen LogP contribution >= 0.6 is 0 Å². The van der Waals surface area contributed by atoms with E-state index in [0.29, 0.717) is 13.0 Å². The molecule has 0 aromatic carbocycles. The highest BCUT2D eigenvalue weighted by molar-refractivity contribution is 4.66. The molecule has 0 bridgehead atoms. The van der Waals surface area contributed by atoms with Crippen LogP contribution < -0.4 is 5.32 Å². The molecular weight excluding hydrogens is 158 g/mol. The molecule has 0 amide bonds. The Hall–Kier alpha value is -0.160. The van der Waals surface area contributed by atoms with Gasteiger partial charge < -0.3 is 20.6 Å². The SMILES string of the molecule is CC(O)CC(C)NCC(O)CO. The first kappa shape index (κ1) is 11.8. The quantitative estimate of drug-likeness (QED) is 0.424. The zero-order valence-corrected chi connectivity index (χ0v) is 7.70. The third-order valence-corrected chi connectivity index (χ3v) is 1.61. The molecule has 0 radical (unpaired) electrons. The maximum atomic E-state index is 8.99. The number of hydrogen-bond donors (Lipinski definition) is 4. The van der Waals surface area contributed by atoms with Crippen LogP contribution in [0.3, 0.4) is 0 Å². The molecule has 0 saturated carbocycles. The van der Waals surface area contributed by atoms with Crippen molar-refractivity contribution in [1.82, 2.24) is 5.32 Å². The summed E-state index contributed by atoms with van der Waals surface area (Å²) in [7, 11) is 0. The van der Waals surface area contributed by atoms with Crippen LogP contribution in [0.2, 0.25) is 0 Å². The second-order valence-electron chi connectivity index (χ2n) is 3.23. The molecule has 0 fully saturated rings. The first-order chi connectivity index (χ1) is 5.56.